The van der Waals surface area contributed by atoms with Crippen molar-refractivity contribution in [1.82, 2.24) is 9.55 Å². The summed E-state index contributed by atoms with van der Waals surface area (Å²) in [6.07, 6.45) is -4.70. The molecule has 0 fully saturated rings. The van der Waals surface area contributed by atoms with Gasteiger partial charge < -0.3 is 9.47 Å². The number of fused-ring (bicyclic) bond motifs is 1. The fourth-order valence-corrected chi connectivity index (χ4v) is 3.23. The number of rotatable bonds is 6. The summed E-state index contributed by atoms with van der Waals surface area (Å²) in [4.78, 5) is 16.8. The molecule has 0 aliphatic rings. The lowest BCUT2D eigenvalue weighted by atomic mass is 10.0. The van der Waals surface area contributed by atoms with Crippen molar-refractivity contribution in [3.05, 3.63) is 46.7 Å². The van der Waals surface area contributed by atoms with E-state index in [1.807, 2.05) is 18.2 Å². The maximum atomic E-state index is 12.5. The van der Waals surface area contributed by atoms with Crippen molar-refractivity contribution in [3.8, 4) is 17.2 Å². The zero-order chi connectivity index (χ0) is 20.5. The molecule has 28 heavy (non-hydrogen) atoms. The second-order valence-corrected chi connectivity index (χ2v) is 6.93. The van der Waals surface area contributed by atoms with Gasteiger partial charge in [-0.2, -0.15) is 13.2 Å². The SMILES string of the molecule is COc1cc(-n2cnc3cc(Br)ccc32)cc(OC)c1C(=O)CCC(F)(F)F. The minimum atomic E-state index is -4.42. The van der Waals surface area contributed by atoms with Gasteiger partial charge in [-0.1, -0.05) is 15.9 Å². The van der Waals surface area contributed by atoms with E-state index >= 15 is 0 Å². The molecule has 2 aromatic carbocycles. The van der Waals surface area contributed by atoms with Crippen molar-refractivity contribution in [3.63, 3.8) is 0 Å². The normalized spacial score (nSPS) is 11.6. The number of carbonyl (C=O) groups is 1. The Balaban J connectivity index is 2.06. The zero-order valence-electron chi connectivity index (χ0n) is 15.0. The maximum absolute atomic E-state index is 12.5. The highest BCUT2D eigenvalue weighted by Crippen LogP contribution is 2.35. The smallest absolute Gasteiger partial charge is 0.389 e. The van der Waals surface area contributed by atoms with E-state index in [0.29, 0.717) is 5.69 Å². The molecule has 9 heteroatoms. The van der Waals surface area contributed by atoms with Crippen LogP contribution >= 0.6 is 15.9 Å². The summed E-state index contributed by atoms with van der Waals surface area (Å²) < 4.78 is 50.7. The second kappa shape index (κ2) is 7.83. The molecule has 0 bridgehead atoms. The van der Waals surface area contributed by atoms with Gasteiger partial charge in [0.05, 0.1) is 37.4 Å². The standard InChI is InChI=1S/C19H16BrF3N2O3/c1-27-16-8-12(25-10-24-13-7-11(20)3-4-14(13)25)9-17(28-2)18(16)15(26)5-6-19(21,22)23/h3-4,7-10H,5-6H2,1-2H3. The molecule has 0 radical (unpaired) electrons. The molecule has 0 aliphatic heterocycles. The predicted molar refractivity (Wildman–Crippen MR) is 101 cm³/mol. The van der Waals surface area contributed by atoms with Crippen molar-refractivity contribution in [2.24, 2.45) is 0 Å². The number of aromatic nitrogens is 2. The largest absolute Gasteiger partial charge is 0.496 e. The number of hydrogen-bond acceptors (Lipinski definition) is 4. The molecule has 3 aromatic rings. The fraction of sp³-hybridized carbons (Fsp3) is 0.263. The number of hydrogen-bond donors (Lipinski definition) is 0. The molecule has 0 spiro atoms. The number of imidazole rings is 1. The summed E-state index contributed by atoms with van der Waals surface area (Å²) >= 11 is 3.39. The van der Waals surface area contributed by atoms with E-state index in [4.69, 9.17) is 9.47 Å². The van der Waals surface area contributed by atoms with Gasteiger partial charge in [0.2, 0.25) is 0 Å². The number of ether oxygens (including phenoxy) is 2. The average molecular weight is 457 g/mol. The number of carbonyl (C=O) groups excluding carboxylic acids is 1. The summed E-state index contributed by atoms with van der Waals surface area (Å²) in [7, 11) is 2.70. The first-order chi connectivity index (χ1) is 13.2. The van der Waals surface area contributed by atoms with E-state index in [1.165, 1.54) is 14.2 Å². The van der Waals surface area contributed by atoms with Gasteiger partial charge in [-0.15, -0.1) is 0 Å². The lowest BCUT2D eigenvalue weighted by Crippen LogP contribution is -2.13. The van der Waals surface area contributed by atoms with Gasteiger partial charge in [0.15, 0.2) is 5.78 Å². The van der Waals surface area contributed by atoms with Gasteiger partial charge in [-0.25, -0.2) is 4.98 Å². The molecule has 1 heterocycles. The van der Waals surface area contributed by atoms with Gasteiger partial charge in [0.1, 0.15) is 23.4 Å². The highest BCUT2D eigenvalue weighted by atomic mass is 79.9. The molecule has 1 aromatic heterocycles. The number of Topliss-reactive ketones (excluding diaryl/α,β-unsaturated/α-hetero) is 1. The quantitative estimate of drug-likeness (QED) is 0.470. The average Bonchev–Trinajstić information content (AvgIpc) is 3.07. The van der Waals surface area contributed by atoms with Crippen LogP contribution in [0.2, 0.25) is 0 Å². The van der Waals surface area contributed by atoms with Crippen LogP contribution < -0.4 is 9.47 Å². The predicted octanol–water partition coefficient (Wildman–Crippen LogP) is 5.33. The number of methoxy groups -OCH3 is 2. The number of benzene rings is 2. The van der Waals surface area contributed by atoms with Crippen LogP contribution in [0.5, 0.6) is 11.5 Å². The van der Waals surface area contributed by atoms with Crippen molar-refractivity contribution >= 4 is 32.7 Å². The lowest BCUT2D eigenvalue weighted by molar-refractivity contribution is -0.133. The minimum Gasteiger partial charge on any atom is -0.496 e. The molecule has 3 rings (SSSR count). The molecule has 0 saturated carbocycles. The first-order valence-corrected chi connectivity index (χ1v) is 9.01. The summed E-state index contributed by atoms with van der Waals surface area (Å²) in [6, 6.07) is 8.74. The number of alkyl halides is 3. The van der Waals surface area contributed by atoms with E-state index in [2.05, 4.69) is 20.9 Å². The van der Waals surface area contributed by atoms with Crippen LogP contribution in [0.1, 0.15) is 23.2 Å². The number of halogens is 4. The molecule has 0 unspecified atom stereocenters. The maximum Gasteiger partial charge on any atom is 0.389 e. The van der Waals surface area contributed by atoms with Crippen LogP contribution in [0, 0.1) is 0 Å². The van der Waals surface area contributed by atoms with Gasteiger partial charge in [0, 0.05) is 23.0 Å². The third-order valence-corrected chi connectivity index (χ3v) is 4.69. The van der Waals surface area contributed by atoms with Crippen LogP contribution in [-0.2, 0) is 0 Å². The second-order valence-electron chi connectivity index (χ2n) is 6.01. The van der Waals surface area contributed by atoms with Crippen LogP contribution in [-0.4, -0.2) is 35.7 Å². The van der Waals surface area contributed by atoms with Crippen LogP contribution in [0.4, 0.5) is 13.2 Å². The van der Waals surface area contributed by atoms with E-state index in [0.717, 1.165) is 15.5 Å². The van der Waals surface area contributed by atoms with Gasteiger partial charge in [0.25, 0.3) is 0 Å². The molecule has 5 nitrogen and oxygen atoms in total. The Morgan fingerprint density at radius 3 is 2.36 bits per heavy atom. The van der Waals surface area contributed by atoms with Crippen LogP contribution in [0.15, 0.2) is 41.1 Å². The molecule has 0 saturated heterocycles. The van der Waals surface area contributed by atoms with E-state index < -0.39 is 24.8 Å². The zero-order valence-corrected chi connectivity index (χ0v) is 16.6. The summed E-state index contributed by atoms with van der Waals surface area (Å²) in [5.41, 5.74) is 2.15. The van der Waals surface area contributed by atoms with Crippen molar-refractivity contribution in [2.75, 3.05) is 14.2 Å². The first kappa shape index (κ1) is 20.2. The van der Waals surface area contributed by atoms with E-state index in [9.17, 15) is 18.0 Å². The Bertz CT molecular complexity index is 1010. The Labute approximate surface area is 167 Å². The van der Waals surface area contributed by atoms with Crippen molar-refractivity contribution in [1.29, 1.82) is 0 Å². The Morgan fingerprint density at radius 1 is 1.14 bits per heavy atom. The molecule has 0 amide bonds. The lowest BCUT2D eigenvalue weighted by Gasteiger charge is -2.16. The number of ketones is 1. The Morgan fingerprint density at radius 2 is 1.79 bits per heavy atom. The van der Waals surface area contributed by atoms with Crippen LogP contribution in [0.3, 0.4) is 0 Å². The molecular weight excluding hydrogens is 441 g/mol. The molecule has 148 valence electrons. The molecular formula is C19H16BrF3N2O3. The van der Waals surface area contributed by atoms with E-state index in [1.54, 1.807) is 23.0 Å². The third-order valence-electron chi connectivity index (χ3n) is 4.19. The Kier molecular flexibility index (Phi) is 5.64. The van der Waals surface area contributed by atoms with Gasteiger partial charge >= 0.3 is 6.18 Å². The highest BCUT2D eigenvalue weighted by Gasteiger charge is 2.30. The van der Waals surface area contributed by atoms with Crippen molar-refractivity contribution in [2.45, 2.75) is 19.0 Å². The van der Waals surface area contributed by atoms with Crippen molar-refractivity contribution < 1.29 is 27.4 Å². The summed E-state index contributed by atoms with van der Waals surface area (Å²) in [6.45, 7) is 0. The first-order valence-electron chi connectivity index (χ1n) is 8.22. The summed E-state index contributed by atoms with van der Waals surface area (Å²) in [5, 5.41) is 0. The third kappa shape index (κ3) is 4.14. The summed E-state index contributed by atoms with van der Waals surface area (Å²) in [5.74, 6) is -0.419. The van der Waals surface area contributed by atoms with Gasteiger partial charge in [-0.05, 0) is 18.2 Å². The Hall–Kier alpha value is -2.55. The van der Waals surface area contributed by atoms with Crippen LogP contribution in [0.25, 0.3) is 16.7 Å². The topological polar surface area (TPSA) is 53.4 Å². The number of nitrogens with zero attached hydrogens (tertiary/aromatic N) is 2. The van der Waals surface area contributed by atoms with E-state index in [-0.39, 0.29) is 17.1 Å². The molecule has 0 N–H and O–H groups in total. The minimum absolute atomic E-state index is 0.00911. The molecule has 0 aliphatic carbocycles. The van der Waals surface area contributed by atoms with Gasteiger partial charge in [-0.3, -0.25) is 9.36 Å². The fourth-order valence-electron chi connectivity index (χ4n) is 2.88. The highest BCUT2D eigenvalue weighted by molar-refractivity contribution is 9.10. The monoisotopic (exact) mass is 456 g/mol. The molecule has 0 atom stereocenters.